The number of halogens is 1. The second-order valence-corrected chi connectivity index (χ2v) is 11.1. The lowest BCUT2D eigenvalue weighted by Crippen LogP contribution is -2.34. The molecule has 2 saturated heterocycles. The van der Waals surface area contributed by atoms with Crippen LogP contribution >= 0.6 is 0 Å². The zero-order valence-corrected chi connectivity index (χ0v) is 23.5. The largest absolute Gasteiger partial charge is 0.505 e. The third kappa shape index (κ3) is 5.23. The fourth-order valence-electron chi connectivity index (χ4n) is 6.74. The third-order valence-electron chi connectivity index (χ3n) is 8.72. The Bertz CT molecular complexity index is 1670. The molecule has 10 heteroatoms. The highest BCUT2D eigenvalue weighted by Crippen LogP contribution is 2.51. The molecule has 2 aromatic carbocycles. The summed E-state index contributed by atoms with van der Waals surface area (Å²) in [5.74, 6) is -3.18. The van der Waals surface area contributed by atoms with Crippen molar-refractivity contribution in [2.24, 2.45) is 17.8 Å². The van der Waals surface area contributed by atoms with Gasteiger partial charge >= 0.3 is 0 Å². The van der Waals surface area contributed by atoms with Gasteiger partial charge in [0.15, 0.2) is 11.6 Å². The van der Waals surface area contributed by atoms with Crippen molar-refractivity contribution in [1.29, 1.82) is 0 Å². The molecule has 43 heavy (non-hydrogen) atoms. The van der Waals surface area contributed by atoms with Gasteiger partial charge in [0.2, 0.25) is 11.8 Å². The Morgan fingerprint density at radius 1 is 1.14 bits per heavy atom. The fraction of sp³-hybridized carbons (Fsp3) is 0.303. The number of fused-ring (bicyclic) bond motifs is 3. The molecule has 3 heterocycles. The molecule has 3 aromatic rings. The molecule has 2 fully saturated rings. The van der Waals surface area contributed by atoms with Crippen LogP contribution in [0.25, 0.3) is 11.6 Å². The molecule has 0 unspecified atom stereocenters. The predicted octanol–water partition coefficient (Wildman–Crippen LogP) is 6.09. The first kappa shape index (κ1) is 28.4. The Morgan fingerprint density at radius 2 is 1.98 bits per heavy atom. The number of nitrogens with zero attached hydrogens (tertiary/aromatic N) is 3. The maximum Gasteiger partial charge on any atom is 0.271 e. The van der Waals surface area contributed by atoms with E-state index in [1.807, 2.05) is 31.2 Å². The summed E-state index contributed by atoms with van der Waals surface area (Å²) in [5.41, 5.74) is 4.41. The molecule has 3 aliphatic rings. The standard InChI is InChI=1S/C33H30FN3O6/c1-2-20-16-24-31(33(40)36(32(24)39)22-6-5-7-23(17-22)37(41)42)25-18-43-29(30(20)25)12-10-21(27-8-3-4-13-35-27)14-19-9-11-28(38)26(34)15-19/h3-9,11,13-15,17,24-25,29,31,38H,2,10,12,16,18H2,1H3/b21-14-/t24-,25+,29-,31-/m1/s1. The summed E-state index contributed by atoms with van der Waals surface area (Å²) in [4.78, 5) is 43.7. The zero-order valence-electron chi connectivity index (χ0n) is 23.5. The van der Waals surface area contributed by atoms with Gasteiger partial charge in [-0.05, 0) is 78.8 Å². The number of nitro benzene ring substituents is 1. The minimum absolute atomic E-state index is 0.183. The van der Waals surface area contributed by atoms with E-state index >= 15 is 0 Å². The van der Waals surface area contributed by atoms with Crippen molar-refractivity contribution < 1.29 is 28.7 Å². The second-order valence-electron chi connectivity index (χ2n) is 11.1. The summed E-state index contributed by atoms with van der Waals surface area (Å²) in [6.45, 7) is 2.34. The molecule has 0 spiro atoms. The van der Waals surface area contributed by atoms with Crippen LogP contribution in [0.4, 0.5) is 15.8 Å². The van der Waals surface area contributed by atoms with Crippen molar-refractivity contribution in [3.8, 4) is 5.75 Å². The summed E-state index contributed by atoms with van der Waals surface area (Å²) < 4.78 is 20.4. The number of nitro groups is 1. The zero-order chi connectivity index (χ0) is 30.2. The molecule has 6 rings (SSSR count). The molecule has 2 aliphatic heterocycles. The van der Waals surface area contributed by atoms with Crippen LogP contribution in [0.3, 0.4) is 0 Å². The normalized spacial score (nSPS) is 23.5. The topological polar surface area (TPSA) is 123 Å². The number of carbonyl (C=O) groups excluding carboxylic acids is 2. The number of phenolic OH excluding ortho intramolecular Hbond substituents is 1. The predicted molar refractivity (Wildman–Crippen MR) is 157 cm³/mol. The van der Waals surface area contributed by atoms with Gasteiger partial charge in [0, 0.05) is 24.2 Å². The molecule has 1 aliphatic carbocycles. The lowest BCUT2D eigenvalue weighted by atomic mass is 9.69. The smallest absolute Gasteiger partial charge is 0.271 e. The summed E-state index contributed by atoms with van der Waals surface area (Å²) >= 11 is 0. The van der Waals surface area contributed by atoms with Crippen molar-refractivity contribution in [1.82, 2.24) is 4.98 Å². The van der Waals surface area contributed by atoms with Crippen molar-refractivity contribution >= 4 is 34.8 Å². The number of phenols is 1. The SMILES string of the molecule is CCC1=C2[C@@H](CC/C(=C/c3ccc(O)c(F)c3)c3ccccn3)OC[C@@H]2[C@@H]2C(=O)N(c3cccc([N+](=O)[O-])c3)C(=O)[C@@H]2C1. The van der Waals surface area contributed by atoms with E-state index in [-0.39, 0.29) is 35.2 Å². The van der Waals surface area contributed by atoms with Gasteiger partial charge in [-0.25, -0.2) is 9.29 Å². The van der Waals surface area contributed by atoms with Gasteiger partial charge in [0.25, 0.3) is 5.69 Å². The number of benzene rings is 2. The number of allylic oxidation sites excluding steroid dienone is 2. The van der Waals surface area contributed by atoms with Crippen LogP contribution in [-0.2, 0) is 14.3 Å². The average Bonchev–Trinajstić information content (AvgIpc) is 3.55. The van der Waals surface area contributed by atoms with Gasteiger partial charge < -0.3 is 9.84 Å². The van der Waals surface area contributed by atoms with Crippen LogP contribution in [0, 0.1) is 33.7 Å². The maximum atomic E-state index is 14.1. The average molecular weight is 584 g/mol. The first-order valence-corrected chi connectivity index (χ1v) is 14.3. The summed E-state index contributed by atoms with van der Waals surface area (Å²) in [6, 6.07) is 15.4. The molecule has 0 saturated carbocycles. The summed E-state index contributed by atoms with van der Waals surface area (Å²) in [5, 5.41) is 21.0. The molecular weight excluding hydrogens is 553 g/mol. The van der Waals surface area contributed by atoms with Gasteiger partial charge in [0.1, 0.15) is 0 Å². The highest BCUT2D eigenvalue weighted by atomic mass is 19.1. The number of pyridine rings is 1. The van der Waals surface area contributed by atoms with Crippen molar-refractivity contribution in [3.05, 3.63) is 105 Å². The molecule has 9 nitrogen and oxygen atoms in total. The number of amides is 2. The van der Waals surface area contributed by atoms with E-state index in [1.165, 1.54) is 30.3 Å². The first-order valence-electron chi connectivity index (χ1n) is 14.3. The van der Waals surface area contributed by atoms with Crippen LogP contribution in [-0.4, -0.2) is 39.5 Å². The Balaban J connectivity index is 1.27. The number of rotatable bonds is 8. The molecular formula is C33H30FN3O6. The highest BCUT2D eigenvalue weighted by Gasteiger charge is 2.57. The minimum Gasteiger partial charge on any atom is -0.505 e. The van der Waals surface area contributed by atoms with E-state index < -0.39 is 28.3 Å². The quantitative estimate of drug-likeness (QED) is 0.147. The number of ether oxygens (including phenoxy) is 1. The number of carbonyl (C=O) groups is 2. The maximum absolute atomic E-state index is 14.1. The van der Waals surface area contributed by atoms with Gasteiger partial charge in [-0.15, -0.1) is 0 Å². The number of anilines is 1. The summed E-state index contributed by atoms with van der Waals surface area (Å²) in [6.07, 6.45) is 5.57. The molecule has 4 atom stereocenters. The van der Waals surface area contributed by atoms with Crippen molar-refractivity contribution in [2.75, 3.05) is 11.5 Å². The van der Waals surface area contributed by atoms with E-state index in [2.05, 4.69) is 4.98 Å². The van der Waals surface area contributed by atoms with Gasteiger partial charge in [0.05, 0.1) is 40.9 Å². The minimum atomic E-state index is -0.708. The van der Waals surface area contributed by atoms with Crippen LogP contribution in [0.1, 0.15) is 43.9 Å². The van der Waals surface area contributed by atoms with Crippen molar-refractivity contribution in [2.45, 2.75) is 38.7 Å². The van der Waals surface area contributed by atoms with Crippen LogP contribution < -0.4 is 4.90 Å². The monoisotopic (exact) mass is 583 g/mol. The molecule has 2 amide bonds. The lowest BCUT2D eigenvalue weighted by molar-refractivity contribution is -0.384. The second kappa shape index (κ2) is 11.5. The lowest BCUT2D eigenvalue weighted by Gasteiger charge is -2.31. The van der Waals surface area contributed by atoms with Gasteiger partial charge in [-0.3, -0.25) is 24.7 Å². The van der Waals surface area contributed by atoms with Gasteiger partial charge in [-0.1, -0.05) is 30.7 Å². The van der Waals surface area contributed by atoms with E-state index in [1.54, 1.807) is 18.3 Å². The van der Waals surface area contributed by atoms with E-state index in [0.29, 0.717) is 37.9 Å². The number of imide groups is 1. The Hall–Kier alpha value is -4.70. The molecule has 1 N–H and O–H groups in total. The van der Waals surface area contributed by atoms with Crippen LogP contribution in [0.5, 0.6) is 5.75 Å². The number of aromatic nitrogens is 1. The van der Waals surface area contributed by atoms with E-state index in [0.717, 1.165) is 27.3 Å². The number of hydrogen-bond acceptors (Lipinski definition) is 7. The summed E-state index contributed by atoms with van der Waals surface area (Å²) in [7, 11) is 0. The molecule has 220 valence electrons. The Kier molecular flexibility index (Phi) is 7.62. The van der Waals surface area contributed by atoms with E-state index in [4.69, 9.17) is 4.74 Å². The third-order valence-corrected chi connectivity index (χ3v) is 8.72. The van der Waals surface area contributed by atoms with Crippen molar-refractivity contribution in [3.63, 3.8) is 0 Å². The molecule has 1 aromatic heterocycles. The van der Waals surface area contributed by atoms with Gasteiger partial charge in [-0.2, -0.15) is 0 Å². The first-order chi connectivity index (χ1) is 20.8. The molecule has 0 bridgehead atoms. The number of aromatic hydroxyl groups is 1. The molecule has 0 radical (unpaired) electrons. The number of hydrogen-bond donors (Lipinski definition) is 1. The Morgan fingerprint density at radius 3 is 2.70 bits per heavy atom. The van der Waals surface area contributed by atoms with Crippen LogP contribution in [0.2, 0.25) is 0 Å². The van der Waals surface area contributed by atoms with Crippen LogP contribution in [0.15, 0.2) is 78.0 Å². The highest BCUT2D eigenvalue weighted by molar-refractivity contribution is 6.22. The Labute approximate surface area is 247 Å². The fourth-order valence-corrected chi connectivity index (χ4v) is 6.74. The van der Waals surface area contributed by atoms with E-state index in [9.17, 15) is 29.2 Å². The number of non-ortho nitro benzene ring substituents is 1.